The summed E-state index contributed by atoms with van der Waals surface area (Å²) < 4.78 is 9.27. The van der Waals surface area contributed by atoms with E-state index in [0.29, 0.717) is 18.6 Å². The van der Waals surface area contributed by atoms with E-state index in [1.807, 2.05) is 48.3 Å². The van der Waals surface area contributed by atoms with Crippen LogP contribution in [0, 0.1) is 6.92 Å². The lowest BCUT2D eigenvalue weighted by Crippen LogP contribution is -2.19. The number of hydrogen-bond acceptors (Lipinski definition) is 6. The summed E-state index contributed by atoms with van der Waals surface area (Å²) in [6, 6.07) is 7.74. The number of fused-ring (bicyclic) bond motifs is 3. The van der Waals surface area contributed by atoms with Crippen LogP contribution >= 0.6 is 0 Å². The van der Waals surface area contributed by atoms with E-state index in [2.05, 4.69) is 20.4 Å². The predicted molar refractivity (Wildman–Crippen MR) is 119 cm³/mol. The largest absolute Gasteiger partial charge is 0.494 e. The Bertz CT molecular complexity index is 1530. The second-order valence-electron chi connectivity index (χ2n) is 7.76. The number of hydrogen-bond donors (Lipinski definition) is 1. The molecule has 5 heterocycles. The highest BCUT2D eigenvalue weighted by Crippen LogP contribution is 2.35. The molecule has 0 saturated carbocycles. The van der Waals surface area contributed by atoms with Crippen molar-refractivity contribution in [2.45, 2.75) is 19.8 Å². The van der Waals surface area contributed by atoms with Crippen molar-refractivity contribution in [3.8, 4) is 22.7 Å². The van der Waals surface area contributed by atoms with Crippen LogP contribution in [0.25, 0.3) is 33.5 Å². The van der Waals surface area contributed by atoms with Crippen LogP contribution in [0.4, 0.5) is 5.69 Å². The molecule has 1 aliphatic rings. The summed E-state index contributed by atoms with van der Waals surface area (Å²) in [5.74, 6) is 0.650. The van der Waals surface area contributed by atoms with E-state index in [4.69, 9.17) is 9.84 Å². The van der Waals surface area contributed by atoms with Gasteiger partial charge in [0.2, 0.25) is 5.91 Å². The Balaban J connectivity index is 1.56. The number of aryl methyl sites for hydroxylation is 2. The second-order valence-corrected chi connectivity index (χ2v) is 7.76. The van der Waals surface area contributed by atoms with Gasteiger partial charge in [-0.2, -0.15) is 10.2 Å². The van der Waals surface area contributed by atoms with Gasteiger partial charge in [-0.1, -0.05) is 0 Å². The molecule has 0 saturated heterocycles. The molecule has 0 bridgehead atoms. The average molecular weight is 425 g/mol. The van der Waals surface area contributed by atoms with Gasteiger partial charge in [0.05, 0.1) is 35.8 Å². The summed E-state index contributed by atoms with van der Waals surface area (Å²) in [6.45, 7) is 1.96. The van der Waals surface area contributed by atoms with Crippen LogP contribution < -0.4 is 10.1 Å². The summed E-state index contributed by atoms with van der Waals surface area (Å²) in [7, 11) is 1.62. The SMILES string of the molecule is COc1cc2c(cc1-n1nc(C)c3cnc(-c4cnn5cccnc45)cc31)CCC(=O)N2. The normalized spacial score (nSPS) is 13.4. The topological polar surface area (TPSA) is 99.2 Å². The summed E-state index contributed by atoms with van der Waals surface area (Å²) in [4.78, 5) is 20.9. The third-order valence-electron chi connectivity index (χ3n) is 5.83. The Kier molecular flexibility index (Phi) is 3.97. The average Bonchev–Trinajstić information content (AvgIpc) is 3.39. The van der Waals surface area contributed by atoms with E-state index in [1.165, 1.54) is 0 Å². The lowest BCUT2D eigenvalue weighted by atomic mass is 10.0. The van der Waals surface area contributed by atoms with Gasteiger partial charge in [0.1, 0.15) is 11.4 Å². The van der Waals surface area contributed by atoms with Crippen LogP contribution in [0.3, 0.4) is 0 Å². The quantitative estimate of drug-likeness (QED) is 0.476. The molecular formula is C23H19N7O2. The van der Waals surface area contributed by atoms with Crippen LogP contribution in [0.15, 0.2) is 49.1 Å². The Morgan fingerprint density at radius 3 is 2.91 bits per heavy atom. The number of ether oxygens (including phenoxy) is 1. The molecule has 5 aromatic rings. The van der Waals surface area contributed by atoms with Gasteiger partial charge < -0.3 is 10.1 Å². The molecule has 0 atom stereocenters. The van der Waals surface area contributed by atoms with Crippen LogP contribution in [0.2, 0.25) is 0 Å². The minimum Gasteiger partial charge on any atom is -0.494 e. The second kappa shape index (κ2) is 6.88. The Morgan fingerprint density at radius 1 is 1.12 bits per heavy atom. The van der Waals surface area contributed by atoms with Gasteiger partial charge in [-0.05, 0) is 37.1 Å². The van der Waals surface area contributed by atoms with E-state index in [-0.39, 0.29) is 5.91 Å². The molecule has 0 aliphatic carbocycles. The number of pyridine rings is 1. The number of aromatic nitrogens is 6. The molecule has 0 radical (unpaired) electrons. The first-order valence-corrected chi connectivity index (χ1v) is 10.3. The molecule has 0 fully saturated rings. The first-order valence-electron chi connectivity index (χ1n) is 10.3. The monoisotopic (exact) mass is 425 g/mol. The zero-order chi connectivity index (χ0) is 21.8. The zero-order valence-electron chi connectivity index (χ0n) is 17.5. The fraction of sp³-hybridized carbons (Fsp3) is 0.174. The van der Waals surface area contributed by atoms with Crippen molar-refractivity contribution in [2.75, 3.05) is 12.4 Å². The van der Waals surface area contributed by atoms with E-state index in [1.54, 1.807) is 24.0 Å². The molecular weight excluding hydrogens is 406 g/mol. The smallest absolute Gasteiger partial charge is 0.224 e. The maximum absolute atomic E-state index is 11.8. The Hall–Kier alpha value is -4.27. The number of amides is 1. The molecule has 1 aliphatic heterocycles. The maximum Gasteiger partial charge on any atom is 0.224 e. The molecule has 1 N–H and O–H groups in total. The highest BCUT2D eigenvalue weighted by Gasteiger charge is 2.21. The molecule has 158 valence electrons. The van der Waals surface area contributed by atoms with Crippen molar-refractivity contribution in [2.24, 2.45) is 0 Å². The molecule has 1 aromatic carbocycles. The van der Waals surface area contributed by atoms with Crippen molar-refractivity contribution in [3.63, 3.8) is 0 Å². The van der Waals surface area contributed by atoms with E-state index in [9.17, 15) is 4.79 Å². The fourth-order valence-corrected chi connectivity index (χ4v) is 4.22. The van der Waals surface area contributed by atoms with Crippen molar-refractivity contribution in [1.29, 1.82) is 0 Å². The van der Waals surface area contributed by atoms with E-state index >= 15 is 0 Å². The number of nitrogens with one attached hydrogen (secondary N) is 1. The standard InChI is InChI=1S/C23H19N7O2/c1-13-15-11-25-18(16-12-26-29-7-3-6-24-23(16)29)9-19(15)30(28-13)20-8-14-4-5-22(31)27-17(14)10-21(20)32-2/h3,6-12H,4-5H2,1-2H3,(H,27,31). The first-order chi connectivity index (χ1) is 15.6. The van der Waals surface area contributed by atoms with Crippen LogP contribution in [-0.2, 0) is 11.2 Å². The molecule has 1 amide bonds. The van der Waals surface area contributed by atoms with Gasteiger partial charge in [0.25, 0.3) is 0 Å². The first kappa shape index (κ1) is 18.5. The number of methoxy groups -OCH3 is 1. The van der Waals surface area contributed by atoms with E-state index < -0.39 is 0 Å². The van der Waals surface area contributed by atoms with E-state index in [0.717, 1.165) is 50.4 Å². The van der Waals surface area contributed by atoms with Gasteiger partial charge in [-0.15, -0.1) is 0 Å². The highest BCUT2D eigenvalue weighted by atomic mass is 16.5. The summed E-state index contributed by atoms with van der Waals surface area (Å²) in [5.41, 5.74) is 6.78. The minimum absolute atomic E-state index is 0.0189. The number of carbonyl (C=O) groups excluding carboxylic acids is 1. The number of nitrogens with zero attached hydrogens (tertiary/aromatic N) is 6. The Labute approximate surface area is 182 Å². The lowest BCUT2D eigenvalue weighted by Gasteiger charge is -2.20. The number of carbonyl (C=O) groups is 1. The molecule has 9 nitrogen and oxygen atoms in total. The summed E-state index contributed by atoms with van der Waals surface area (Å²) >= 11 is 0. The van der Waals surface area contributed by atoms with Gasteiger partial charge in [-0.25, -0.2) is 14.2 Å². The molecule has 9 heteroatoms. The molecule has 0 unspecified atom stereocenters. The van der Waals surface area contributed by atoms with Crippen molar-refractivity contribution in [1.82, 2.24) is 29.4 Å². The molecule has 4 aromatic heterocycles. The van der Waals surface area contributed by atoms with Crippen molar-refractivity contribution >= 4 is 28.1 Å². The van der Waals surface area contributed by atoms with Crippen LogP contribution in [-0.4, -0.2) is 42.4 Å². The maximum atomic E-state index is 11.8. The predicted octanol–water partition coefficient (Wildman–Crippen LogP) is 3.33. The fourth-order valence-electron chi connectivity index (χ4n) is 4.22. The zero-order valence-corrected chi connectivity index (χ0v) is 17.5. The van der Waals surface area contributed by atoms with Crippen molar-refractivity contribution < 1.29 is 9.53 Å². The molecule has 0 spiro atoms. The lowest BCUT2D eigenvalue weighted by molar-refractivity contribution is -0.116. The minimum atomic E-state index is 0.0189. The summed E-state index contributed by atoms with van der Waals surface area (Å²) in [6.07, 6.45) is 8.34. The highest BCUT2D eigenvalue weighted by molar-refractivity contribution is 5.95. The third kappa shape index (κ3) is 2.74. The van der Waals surface area contributed by atoms with Crippen LogP contribution in [0.5, 0.6) is 5.75 Å². The third-order valence-corrected chi connectivity index (χ3v) is 5.83. The van der Waals surface area contributed by atoms with Gasteiger partial charge in [-0.3, -0.25) is 9.78 Å². The number of rotatable bonds is 3. The van der Waals surface area contributed by atoms with Gasteiger partial charge in [0.15, 0.2) is 5.65 Å². The van der Waals surface area contributed by atoms with Gasteiger partial charge in [0, 0.05) is 42.2 Å². The Morgan fingerprint density at radius 2 is 2.03 bits per heavy atom. The van der Waals surface area contributed by atoms with Crippen molar-refractivity contribution in [3.05, 3.63) is 60.3 Å². The molecule has 32 heavy (non-hydrogen) atoms. The van der Waals surface area contributed by atoms with Crippen LogP contribution in [0.1, 0.15) is 17.7 Å². The summed E-state index contributed by atoms with van der Waals surface area (Å²) in [5, 5.41) is 13.0. The number of benzene rings is 1. The van der Waals surface area contributed by atoms with Gasteiger partial charge >= 0.3 is 0 Å². The molecule has 6 rings (SSSR count). The number of anilines is 1.